The molecule has 1 atom stereocenters. The van der Waals surface area contributed by atoms with Gasteiger partial charge in [0.15, 0.2) is 11.0 Å². The predicted molar refractivity (Wildman–Crippen MR) is 96.1 cm³/mol. The fourth-order valence-corrected chi connectivity index (χ4v) is 3.02. The van der Waals surface area contributed by atoms with E-state index in [4.69, 9.17) is 0 Å². The van der Waals surface area contributed by atoms with Gasteiger partial charge in [-0.05, 0) is 32.4 Å². The molecular weight excluding hydrogens is 340 g/mol. The van der Waals surface area contributed by atoms with Crippen molar-refractivity contribution in [3.8, 4) is 11.4 Å². The number of nitrogens with zero attached hydrogens (tertiary/aromatic N) is 4. The summed E-state index contributed by atoms with van der Waals surface area (Å²) in [7, 11) is 0. The summed E-state index contributed by atoms with van der Waals surface area (Å²) in [6.45, 7) is 6.78. The highest BCUT2D eigenvalue weighted by molar-refractivity contribution is 8.00. The largest absolute Gasteiger partial charge is 0.338 e. The third-order valence-electron chi connectivity index (χ3n) is 3.33. The number of thioether (sulfide) groups is 1. The molecule has 2 N–H and O–H groups in total. The minimum absolute atomic E-state index is 0.368. The van der Waals surface area contributed by atoms with Gasteiger partial charge in [0.25, 0.3) is 0 Å². The molecule has 0 aliphatic heterocycles. The quantitative estimate of drug-likeness (QED) is 0.731. The molecule has 8 nitrogen and oxygen atoms in total. The van der Waals surface area contributed by atoms with Crippen molar-refractivity contribution >= 4 is 23.7 Å². The van der Waals surface area contributed by atoms with E-state index in [9.17, 15) is 9.59 Å². The minimum Gasteiger partial charge on any atom is -0.338 e. The molecule has 2 heterocycles. The highest BCUT2D eigenvalue weighted by Gasteiger charge is 2.21. The topological polar surface area (TPSA) is 102 Å². The van der Waals surface area contributed by atoms with Crippen molar-refractivity contribution in [1.29, 1.82) is 0 Å². The highest BCUT2D eigenvalue weighted by atomic mass is 32.2. The summed E-state index contributed by atoms with van der Waals surface area (Å²) in [5.41, 5.74) is 0.919. The van der Waals surface area contributed by atoms with Gasteiger partial charge in [0.2, 0.25) is 5.91 Å². The fourth-order valence-electron chi connectivity index (χ4n) is 2.15. The van der Waals surface area contributed by atoms with Gasteiger partial charge in [0, 0.05) is 31.0 Å². The molecule has 3 amide bonds. The van der Waals surface area contributed by atoms with Crippen molar-refractivity contribution in [2.24, 2.45) is 0 Å². The smallest absolute Gasteiger partial charge is 0.321 e. The Hall–Kier alpha value is -2.42. The van der Waals surface area contributed by atoms with E-state index >= 15 is 0 Å². The van der Waals surface area contributed by atoms with Gasteiger partial charge >= 0.3 is 6.03 Å². The molecule has 9 heteroatoms. The van der Waals surface area contributed by atoms with Crippen LogP contribution < -0.4 is 10.6 Å². The van der Waals surface area contributed by atoms with Crippen LogP contribution in [0, 0.1) is 0 Å². The zero-order valence-corrected chi connectivity index (χ0v) is 15.3. The van der Waals surface area contributed by atoms with Crippen molar-refractivity contribution in [2.75, 3.05) is 6.54 Å². The molecule has 25 heavy (non-hydrogen) atoms. The van der Waals surface area contributed by atoms with Crippen molar-refractivity contribution in [1.82, 2.24) is 30.4 Å². The molecule has 0 spiro atoms. The van der Waals surface area contributed by atoms with Crippen molar-refractivity contribution in [3.05, 3.63) is 24.5 Å². The summed E-state index contributed by atoms with van der Waals surface area (Å²) in [5.74, 6) is 0.371. The number of rotatable bonds is 7. The summed E-state index contributed by atoms with van der Waals surface area (Å²) in [6.07, 6.45) is 4.31. The van der Waals surface area contributed by atoms with Crippen molar-refractivity contribution < 1.29 is 9.59 Å². The third-order valence-corrected chi connectivity index (χ3v) is 4.41. The van der Waals surface area contributed by atoms with Crippen LogP contribution in [0.15, 0.2) is 29.7 Å². The second-order valence-corrected chi connectivity index (χ2v) is 6.61. The molecule has 1 unspecified atom stereocenters. The Morgan fingerprint density at radius 2 is 1.96 bits per heavy atom. The zero-order valence-electron chi connectivity index (χ0n) is 14.5. The van der Waals surface area contributed by atoms with E-state index in [0.29, 0.717) is 11.7 Å². The van der Waals surface area contributed by atoms with Crippen molar-refractivity contribution in [2.45, 2.75) is 44.1 Å². The van der Waals surface area contributed by atoms with Gasteiger partial charge in [-0.1, -0.05) is 18.7 Å². The van der Waals surface area contributed by atoms with Crippen LogP contribution in [0.5, 0.6) is 0 Å². The van der Waals surface area contributed by atoms with E-state index in [2.05, 4.69) is 32.7 Å². The van der Waals surface area contributed by atoms with Crippen molar-refractivity contribution in [3.63, 3.8) is 0 Å². The molecule has 0 aliphatic rings. The monoisotopic (exact) mass is 362 g/mol. The van der Waals surface area contributed by atoms with E-state index < -0.39 is 11.3 Å². The number of carbonyl (C=O) groups is 2. The summed E-state index contributed by atoms with van der Waals surface area (Å²) >= 11 is 1.28. The van der Waals surface area contributed by atoms with Crippen LogP contribution in [0.25, 0.3) is 11.4 Å². The second kappa shape index (κ2) is 9.16. The lowest BCUT2D eigenvalue weighted by Gasteiger charge is -2.13. The third kappa shape index (κ3) is 5.02. The summed E-state index contributed by atoms with van der Waals surface area (Å²) < 4.78 is 1.98. The van der Waals surface area contributed by atoms with E-state index in [1.165, 1.54) is 11.8 Å². The van der Waals surface area contributed by atoms with Gasteiger partial charge in [0.1, 0.15) is 0 Å². The average molecular weight is 362 g/mol. The standard InChI is InChI=1S/C16H22N6O2S/c1-4-10-22-13(12-6-8-17-9-7-12)20-21-16(22)25-11(3)14(23)19-15(24)18-5-2/h6-9,11H,4-5,10H2,1-3H3,(H2,18,19,23,24). The van der Waals surface area contributed by atoms with E-state index in [1.807, 2.05) is 16.7 Å². The van der Waals surface area contributed by atoms with Crippen LogP contribution in [0.4, 0.5) is 4.79 Å². The molecule has 2 aromatic rings. The van der Waals surface area contributed by atoms with Crippen LogP contribution in [0.3, 0.4) is 0 Å². The number of nitrogens with one attached hydrogen (secondary N) is 2. The van der Waals surface area contributed by atoms with Gasteiger partial charge in [-0.3, -0.25) is 15.1 Å². The van der Waals surface area contributed by atoms with Crippen LogP contribution >= 0.6 is 11.8 Å². The van der Waals surface area contributed by atoms with Crippen LogP contribution in [-0.4, -0.2) is 43.5 Å². The number of pyridine rings is 1. The van der Waals surface area contributed by atoms with Gasteiger partial charge in [-0.15, -0.1) is 10.2 Å². The number of hydrogen-bond acceptors (Lipinski definition) is 6. The first-order valence-electron chi connectivity index (χ1n) is 8.15. The van der Waals surface area contributed by atoms with Gasteiger partial charge < -0.3 is 9.88 Å². The van der Waals surface area contributed by atoms with Gasteiger partial charge in [-0.25, -0.2) is 4.79 Å². The Labute approximate surface area is 150 Å². The Bertz CT molecular complexity index is 719. The van der Waals surface area contributed by atoms with Crippen LogP contribution in [0.2, 0.25) is 0 Å². The molecule has 0 saturated carbocycles. The molecule has 2 aromatic heterocycles. The Morgan fingerprint density at radius 1 is 1.24 bits per heavy atom. The van der Waals surface area contributed by atoms with E-state index in [0.717, 1.165) is 24.4 Å². The lowest BCUT2D eigenvalue weighted by molar-refractivity contribution is -0.119. The minimum atomic E-state index is -0.493. The average Bonchev–Trinajstić information content (AvgIpc) is 2.98. The molecule has 0 bridgehead atoms. The SMILES string of the molecule is CCCn1c(SC(C)C(=O)NC(=O)NCC)nnc1-c1ccncc1. The van der Waals surface area contributed by atoms with Gasteiger partial charge in [0.05, 0.1) is 5.25 Å². The van der Waals surface area contributed by atoms with E-state index in [1.54, 1.807) is 26.2 Å². The first kappa shape index (κ1) is 18.9. The molecule has 0 aliphatic carbocycles. The maximum atomic E-state index is 12.1. The first-order valence-corrected chi connectivity index (χ1v) is 9.03. The highest BCUT2D eigenvalue weighted by Crippen LogP contribution is 2.26. The molecule has 2 rings (SSSR count). The predicted octanol–water partition coefficient (Wildman–Crippen LogP) is 2.08. The maximum absolute atomic E-state index is 12.1. The molecule has 0 saturated heterocycles. The molecule has 0 fully saturated rings. The maximum Gasteiger partial charge on any atom is 0.321 e. The van der Waals surface area contributed by atoms with Crippen LogP contribution in [-0.2, 0) is 11.3 Å². The summed E-state index contributed by atoms with van der Waals surface area (Å²) in [5, 5.41) is 13.5. The number of imide groups is 1. The molecular formula is C16H22N6O2S. The lowest BCUT2D eigenvalue weighted by atomic mass is 10.2. The summed E-state index contributed by atoms with van der Waals surface area (Å²) in [6, 6.07) is 3.25. The normalized spacial score (nSPS) is 11.8. The number of hydrogen-bond donors (Lipinski definition) is 2. The zero-order chi connectivity index (χ0) is 18.2. The van der Waals surface area contributed by atoms with Gasteiger partial charge in [-0.2, -0.15) is 0 Å². The fraction of sp³-hybridized carbons (Fsp3) is 0.438. The Kier molecular flexibility index (Phi) is 6.93. The number of aromatic nitrogens is 4. The number of carbonyl (C=O) groups excluding carboxylic acids is 2. The number of amides is 3. The van der Waals surface area contributed by atoms with E-state index in [-0.39, 0.29) is 5.91 Å². The Balaban J connectivity index is 2.15. The second-order valence-electron chi connectivity index (χ2n) is 5.30. The molecule has 134 valence electrons. The first-order chi connectivity index (χ1) is 12.1. The lowest BCUT2D eigenvalue weighted by Crippen LogP contribution is -2.42. The molecule has 0 aromatic carbocycles. The summed E-state index contributed by atoms with van der Waals surface area (Å²) in [4.78, 5) is 27.6. The number of urea groups is 1. The van der Waals surface area contributed by atoms with Crippen LogP contribution in [0.1, 0.15) is 27.2 Å². The molecule has 0 radical (unpaired) electrons. The Morgan fingerprint density at radius 3 is 2.60 bits per heavy atom.